The lowest BCUT2D eigenvalue weighted by Crippen LogP contribution is -2.32. The highest BCUT2D eigenvalue weighted by atomic mass is 32.1. The average Bonchev–Trinajstić information content (AvgIpc) is 3.04. The molecular formula is C24H29N3O4S. The van der Waals surface area contributed by atoms with Crippen LogP contribution < -0.4 is 10.6 Å². The number of esters is 2. The first-order valence-electron chi connectivity index (χ1n) is 10.6. The Morgan fingerprint density at radius 3 is 2.12 bits per heavy atom. The number of anilines is 2. The first kappa shape index (κ1) is 23.5. The minimum Gasteiger partial charge on any atom is -0.463 e. The molecule has 2 heterocycles. The van der Waals surface area contributed by atoms with Crippen LogP contribution in [0.4, 0.5) is 10.8 Å². The largest absolute Gasteiger partial charge is 0.463 e. The van der Waals surface area contributed by atoms with E-state index < -0.39 is 17.9 Å². The molecule has 0 spiro atoms. The summed E-state index contributed by atoms with van der Waals surface area (Å²) in [6.07, 6.45) is 0. The summed E-state index contributed by atoms with van der Waals surface area (Å²) in [5.74, 6) is -1.53. The standard InChI is InChI=1S/C24H29N3O4S/c1-7-30-22(28)19-14(4)25-15(5)20(23(29)31-8-2)21(19)17-10-9-11-18(12-17)27-24-26-13(3)16(6)32-24/h9-12,21,25H,7-8H2,1-6H3,(H,26,27). The maximum atomic E-state index is 12.9. The zero-order valence-electron chi connectivity index (χ0n) is 19.3. The summed E-state index contributed by atoms with van der Waals surface area (Å²) in [7, 11) is 0. The fraction of sp³-hybridized carbons (Fsp3) is 0.375. The van der Waals surface area contributed by atoms with Gasteiger partial charge in [-0.1, -0.05) is 12.1 Å². The summed E-state index contributed by atoms with van der Waals surface area (Å²) in [5.41, 5.74) is 4.70. The molecule has 1 aliphatic rings. The van der Waals surface area contributed by atoms with Crippen molar-refractivity contribution < 1.29 is 19.1 Å². The topological polar surface area (TPSA) is 89.5 Å². The molecule has 2 N–H and O–H groups in total. The number of ether oxygens (including phenoxy) is 2. The van der Waals surface area contributed by atoms with Crippen LogP contribution in [0.3, 0.4) is 0 Å². The van der Waals surface area contributed by atoms with Gasteiger partial charge in [-0.15, -0.1) is 11.3 Å². The lowest BCUT2D eigenvalue weighted by atomic mass is 9.80. The Balaban J connectivity index is 2.08. The fourth-order valence-electron chi connectivity index (χ4n) is 3.73. The number of thiazole rings is 1. The average molecular weight is 456 g/mol. The highest BCUT2D eigenvalue weighted by Crippen LogP contribution is 2.40. The smallest absolute Gasteiger partial charge is 0.336 e. The molecular weight excluding hydrogens is 426 g/mol. The van der Waals surface area contributed by atoms with Crippen molar-refractivity contribution in [2.75, 3.05) is 18.5 Å². The molecule has 7 nitrogen and oxygen atoms in total. The van der Waals surface area contributed by atoms with Crippen LogP contribution in [0.15, 0.2) is 46.8 Å². The molecule has 3 rings (SSSR count). The zero-order chi connectivity index (χ0) is 23.4. The molecule has 8 heteroatoms. The fourth-order valence-corrected chi connectivity index (χ4v) is 4.57. The molecule has 0 amide bonds. The Bertz CT molecular complexity index is 1040. The highest BCUT2D eigenvalue weighted by molar-refractivity contribution is 7.15. The third-order valence-electron chi connectivity index (χ3n) is 5.25. The number of hydrogen-bond acceptors (Lipinski definition) is 8. The second-order valence-electron chi connectivity index (χ2n) is 7.49. The van der Waals surface area contributed by atoms with E-state index in [2.05, 4.69) is 15.6 Å². The Hall–Kier alpha value is -3.13. The van der Waals surface area contributed by atoms with E-state index in [0.717, 1.165) is 27.0 Å². The molecule has 2 aromatic rings. The number of aromatic nitrogens is 1. The molecule has 0 atom stereocenters. The molecule has 32 heavy (non-hydrogen) atoms. The summed E-state index contributed by atoms with van der Waals surface area (Å²) >= 11 is 1.58. The summed E-state index contributed by atoms with van der Waals surface area (Å²) in [4.78, 5) is 31.5. The van der Waals surface area contributed by atoms with E-state index in [1.807, 2.05) is 52.0 Å². The van der Waals surface area contributed by atoms with E-state index in [-0.39, 0.29) is 13.2 Å². The summed E-state index contributed by atoms with van der Waals surface area (Å²) < 4.78 is 10.7. The molecule has 0 unspecified atom stereocenters. The third kappa shape index (κ3) is 4.85. The maximum absolute atomic E-state index is 12.9. The van der Waals surface area contributed by atoms with Crippen molar-refractivity contribution in [1.29, 1.82) is 0 Å². The normalized spacial score (nSPS) is 14.3. The predicted molar refractivity (Wildman–Crippen MR) is 126 cm³/mol. The molecule has 170 valence electrons. The molecule has 0 saturated carbocycles. The van der Waals surface area contributed by atoms with Gasteiger partial charge in [-0.25, -0.2) is 14.6 Å². The van der Waals surface area contributed by atoms with Crippen LogP contribution in [-0.2, 0) is 19.1 Å². The number of benzene rings is 1. The summed E-state index contributed by atoms with van der Waals surface area (Å²) in [6.45, 7) is 11.6. The van der Waals surface area contributed by atoms with Crippen LogP contribution >= 0.6 is 11.3 Å². The van der Waals surface area contributed by atoms with Crippen molar-refractivity contribution in [2.45, 2.75) is 47.5 Å². The Morgan fingerprint density at radius 1 is 1.03 bits per heavy atom. The van der Waals surface area contributed by atoms with E-state index in [4.69, 9.17) is 9.47 Å². The predicted octanol–water partition coefficient (Wildman–Crippen LogP) is 4.86. The Kier molecular flexibility index (Phi) is 7.35. The third-order valence-corrected chi connectivity index (χ3v) is 6.24. The van der Waals surface area contributed by atoms with E-state index in [1.54, 1.807) is 25.2 Å². The molecule has 0 aliphatic carbocycles. The Morgan fingerprint density at radius 2 is 1.62 bits per heavy atom. The number of nitrogens with zero attached hydrogens (tertiary/aromatic N) is 1. The zero-order valence-corrected chi connectivity index (χ0v) is 20.1. The van der Waals surface area contributed by atoms with Crippen LogP contribution in [0, 0.1) is 13.8 Å². The van der Waals surface area contributed by atoms with E-state index in [0.29, 0.717) is 22.5 Å². The number of rotatable bonds is 7. The molecule has 1 aromatic carbocycles. The molecule has 1 aliphatic heterocycles. The number of aryl methyl sites for hydroxylation is 2. The number of carbonyl (C=O) groups excluding carboxylic acids is 2. The van der Waals surface area contributed by atoms with Crippen molar-refractivity contribution >= 4 is 34.1 Å². The first-order chi connectivity index (χ1) is 15.3. The van der Waals surface area contributed by atoms with Gasteiger partial charge in [0.15, 0.2) is 5.13 Å². The van der Waals surface area contributed by atoms with E-state index in [1.165, 1.54) is 0 Å². The van der Waals surface area contributed by atoms with Gasteiger partial charge in [0, 0.05) is 22.0 Å². The lowest BCUT2D eigenvalue weighted by molar-refractivity contribution is -0.139. The van der Waals surface area contributed by atoms with Crippen LogP contribution in [-0.4, -0.2) is 30.1 Å². The van der Waals surface area contributed by atoms with Gasteiger partial charge in [0.05, 0.1) is 36.0 Å². The van der Waals surface area contributed by atoms with Crippen molar-refractivity contribution in [3.8, 4) is 0 Å². The van der Waals surface area contributed by atoms with Crippen molar-refractivity contribution in [1.82, 2.24) is 10.3 Å². The van der Waals surface area contributed by atoms with E-state index >= 15 is 0 Å². The molecule has 0 bridgehead atoms. The van der Waals surface area contributed by atoms with E-state index in [9.17, 15) is 9.59 Å². The maximum Gasteiger partial charge on any atom is 0.336 e. The minimum absolute atomic E-state index is 0.240. The minimum atomic E-state index is -0.615. The van der Waals surface area contributed by atoms with Gasteiger partial charge in [-0.05, 0) is 59.2 Å². The van der Waals surface area contributed by atoms with Crippen LogP contribution in [0.2, 0.25) is 0 Å². The first-order valence-corrected chi connectivity index (χ1v) is 11.4. The number of nitrogens with one attached hydrogen (secondary N) is 2. The SMILES string of the molecule is CCOC(=O)C1=C(C)NC(C)=C(C(=O)OCC)C1c1cccc(Nc2nc(C)c(C)s2)c1. The van der Waals surface area contributed by atoms with Crippen molar-refractivity contribution in [3.63, 3.8) is 0 Å². The number of hydrogen-bond donors (Lipinski definition) is 2. The van der Waals surface area contributed by atoms with Crippen LogP contribution in [0.5, 0.6) is 0 Å². The van der Waals surface area contributed by atoms with Gasteiger partial charge < -0.3 is 20.1 Å². The Labute approximate surface area is 192 Å². The lowest BCUT2D eigenvalue weighted by Gasteiger charge is -2.30. The molecule has 1 aromatic heterocycles. The van der Waals surface area contributed by atoms with Crippen molar-refractivity contribution in [2.24, 2.45) is 0 Å². The van der Waals surface area contributed by atoms with Gasteiger partial charge in [0.2, 0.25) is 0 Å². The van der Waals surface area contributed by atoms with Crippen LogP contribution in [0.1, 0.15) is 49.7 Å². The second kappa shape index (κ2) is 9.99. The second-order valence-corrected chi connectivity index (χ2v) is 8.69. The van der Waals surface area contributed by atoms with Gasteiger partial charge >= 0.3 is 11.9 Å². The van der Waals surface area contributed by atoms with Gasteiger partial charge in [-0.2, -0.15) is 0 Å². The number of allylic oxidation sites excluding steroid dienone is 2. The molecule has 0 saturated heterocycles. The van der Waals surface area contributed by atoms with Gasteiger partial charge in [0.1, 0.15) is 0 Å². The quantitative estimate of drug-likeness (QED) is 0.576. The molecule has 0 radical (unpaired) electrons. The number of dihydropyridines is 1. The van der Waals surface area contributed by atoms with Crippen molar-refractivity contribution in [3.05, 3.63) is 62.9 Å². The highest BCUT2D eigenvalue weighted by Gasteiger charge is 2.38. The summed E-state index contributed by atoms with van der Waals surface area (Å²) in [6, 6.07) is 7.65. The summed E-state index contributed by atoms with van der Waals surface area (Å²) in [5, 5.41) is 7.28. The van der Waals surface area contributed by atoms with Gasteiger partial charge in [-0.3, -0.25) is 0 Å². The van der Waals surface area contributed by atoms with Crippen LogP contribution in [0.25, 0.3) is 0 Å². The molecule has 0 fully saturated rings. The number of carbonyl (C=O) groups is 2. The monoisotopic (exact) mass is 455 g/mol. The van der Waals surface area contributed by atoms with Gasteiger partial charge in [0.25, 0.3) is 0 Å².